The Morgan fingerprint density at radius 1 is 0.883 bits per heavy atom. The molecule has 1 N–H and O–H groups in total. The van der Waals surface area contributed by atoms with Gasteiger partial charge >= 0.3 is 5.97 Å². The first-order valence-corrected chi connectivity index (χ1v) is 25.8. The lowest BCUT2D eigenvalue weighted by Gasteiger charge is -2.72. The van der Waals surface area contributed by atoms with Crippen molar-refractivity contribution in [2.75, 3.05) is 39.1 Å². The van der Waals surface area contributed by atoms with Gasteiger partial charge < -0.3 is 15.0 Å². The number of allylic oxidation sites excluding steroid dienone is 5. The molecule has 0 bridgehead atoms. The molecule has 0 amide bonds. The fraction of sp³-hybridized carbons (Fsp3) is 0.750. The minimum absolute atomic E-state index is 0.0103. The topological polar surface area (TPSA) is 75.7 Å². The highest BCUT2D eigenvalue weighted by Gasteiger charge is 2.70. The molecule has 7 aliphatic rings. The van der Waals surface area contributed by atoms with Gasteiger partial charge in [-0.15, -0.1) is 0 Å². The number of rotatable bonds is 11. The highest BCUT2D eigenvalue weighted by molar-refractivity contribution is 7.91. The molecule has 0 aromatic heterocycles. The molecule has 1 aliphatic heterocycles. The maximum atomic E-state index is 14.8. The molecule has 2 unspecified atom stereocenters. The predicted molar refractivity (Wildman–Crippen MR) is 242 cm³/mol. The van der Waals surface area contributed by atoms with Crippen LogP contribution in [0.1, 0.15) is 137 Å². The van der Waals surface area contributed by atoms with Gasteiger partial charge in [0, 0.05) is 24.9 Å². The van der Waals surface area contributed by atoms with Crippen LogP contribution in [0.15, 0.2) is 65.8 Å². The number of carbonyl (C=O) groups is 1. The van der Waals surface area contributed by atoms with Crippen molar-refractivity contribution >= 4 is 15.8 Å². The summed E-state index contributed by atoms with van der Waals surface area (Å²) in [6.45, 7) is 23.2. The Balaban J connectivity index is 0.981. The number of benzene rings is 1. The number of likely N-dealkylation sites (tertiary alicyclic amines) is 1. The smallest absolute Gasteiger partial charge is 0.315 e. The van der Waals surface area contributed by atoms with Gasteiger partial charge in [-0.05, 0) is 178 Å². The number of carbonyl (C=O) groups excluding carboxylic acids is 1. The Labute approximate surface area is 362 Å². The number of hydrogen-bond acceptors (Lipinski definition) is 6. The number of fused-ring (bicyclic) bond motifs is 7. The van der Waals surface area contributed by atoms with Crippen molar-refractivity contribution in [3.8, 4) is 0 Å². The normalized spacial score (nSPS) is 40.6. The van der Waals surface area contributed by atoms with Gasteiger partial charge in [0.25, 0.3) is 0 Å². The summed E-state index contributed by atoms with van der Waals surface area (Å²) in [4.78, 5) is 15.9. The van der Waals surface area contributed by atoms with Crippen molar-refractivity contribution in [1.29, 1.82) is 0 Å². The number of halogens is 1. The maximum Gasteiger partial charge on any atom is 0.315 e. The summed E-state index contributed by atoms with van der Waals surface area (Å²) in [5, 5.41) is 4.09. The van der Waals surface area contributed by atoms with Gasteiger partial charge in [-0.1, -0.05) is 89.3 Å². The first kappa shape index (κ1) is 44.3. The zero-order valence-electron chi connectivity index (χ0n) is 38.2. The zero-order chi connectivity index (χ0) is 42.9. The molecule has 8 rings (SSSR count). The van der Waals surface area contributed by atoms with Crippen molar-refractivity contribution in [3.05, 3.63) is 71.3 Å². The summed E-state index contributed by atoms with van der Waals surface area (Å²) in [5.41, 5.74) is 4.83. The van der Waals surface area contributed by atoms with Crippen molar-refractivity contribution < 1.29 is 22.3 Å². The van der Waals surface area contributed by atoms with Crippen molar-refractivity contribution in [3.63, 3.8) is 0 Å². The van der Waals surface area contributed by atoms with E-state index in [1.54, 1.807) is 0 Å². The minimum Gasteiger partial charge on any atom is -0.460 e. The van der Waals surface area contributed by atoms with Crippen LogP contribution < -0.4 is 5.32 Å². The lowest BCUT2D eigenvalue weighted by Crippen LogP contribution is -2.68. The van der Waals surface area contributed by atoms with Crippen LogP contribution in [0, 0.1) is 56.7 Å². The molecule has 8 heteroatoms. The average molecular weight is 845 g/mol. The summed E-state index contributed by atoms with van der Waals surface area (Å²) in [7, 11) is -2.96. The Morgan fingerprint density at radius 2 is 1.62 bits per heavy atom. The van der Waals surface area contributed by atoms with E-state index in [0.29, 0.717) is 48.9 Å². The molecule has 5 fully saturated rings. The molecule has 4 saturated carbocycles. The van der Waals surface area contributed by atoms with Gasteiger partial charge in [-0.25, -0.2) is 12.8 Å². The van der Waals surface area contributed by atoms with Crippen LogP contribution >= 0.6 is 0 Å². The van der Waals surface area contributed by atoms with Crippen molar-refractivity contribution in [2.45, 2.75) is 149 Å². The molecule has 332 valence electrons. The van der Waals surface area contributed by atoms with Gasteiger partial charge in [0.1, 0.15) is 23.1 Å². The second kappa shape index (κ2) is 16.1. The summed E-state index contributed by atoms with van der Waals surface area (Å²) >= 11 is 0. The molecule has 10 atom stereocenters. The number of alkyl halides is 1. The third kappa shape index (κ3) is 7.24. The number of sulfone groups is 1. The van der Waals surface area contributed by atoms with Crippen LogP contribution in [0.4, 0.5) is 4.39 Å². The van der Waals surface area contributed by atoms with Gasteiger partial charge in [0.05, 0.1) is 10.7 Å². The second-order valence-corrected chi connectivity index (χ2v) is 24.9. The lowest BCUT2D eigenvalue weighted by molar-refractivity contribution is -0.221. The van der Waals surface area contributed by atoms with E-state index in [4.69, 9.17) is 4.74 Å². The van der Waals surface area contributed by atoms with E-state index in [0.717, 1.165) is 51.0 Å². The highest BCUT2D eigenvalue weighted by atomic mass is 32.2. The molecule has 60 heavy (non-hydrogen) atoms. The van der Waals surface area contributed by atoms with Gasteiger partial charge in [0.15, 0.2) is 0 Å². The van der Waals surface area contributed by atoms with E-state index in [1.807, 2.05) is 30.3 Å². The average Bonchev–Trinajstić information content (AvgIpc) is 3.60. The van der Waals surface area contributed by atoms with Gasteiger partial charge in [-0.2, -0.15) is 0 Å². The third-order valence-corrected chi connectivity index (χ3v) is 21.2. The second-order valence-electron chi connectivity index (χ2n) is 22.6. The summed E-state index contributed by atoms with van der Waals surface area (Å²) in [6, 6.07) is 9.68. The van der Waals surface area contributed by atoms with Crippen molar-refractivity contribution in [2.24, 2.45) is 56.7 Å². The number of nitrogens with one attached hydrogen (secondary N) is 1. The Kier molecular flexibility index (Phi) is 11.9. The van der Waals surface area contributed by atoms with E-state index in [2.05, 4.69) is 70.5 Å². The summed E-state index contributed by atoms with van der Waals surface area (Å²) in [6.07, 6.45) is 20.5. The minimum atomic E-state index is -2.96. The monoisotopic (exact) mass is 845 g/mol. The molecule has 0 radical (unpaired) electrons. The van der Waals surface area contributed by atoms with E-state index >= 15 is 0 Å². The van der Waals surface area contributed by atoms with Crippen LogP contribution in [-0.2, 0) is 26.0 Å². The zero-order valence-corrected chi connectivity index (χ0v) is 39.0. The number of nitrogens with zero attached hydrogens (tertiary/aromatic N) is 1. The molecule has 6 aliphatic carbocycles. The molecular formula is C52H77FN2O4S. The van der Waals surface area contributed by atoms with E-state index in [1.165, 1.54) is 74.3 Å². The summed E-state index contributed by atoms with van der Waals surface area (Å²) in [5.74, 6) is 2.64. The van der Waals surface area contributed by atoms with Crippen LogP contribution in [0.5, 0.6) is 0 Å². The van der Waals surface area contributed by atoms with Gasteiger partial charge in [0.2, 0.25) is 0 Å². The Hall–Kier alpha value is -2.29. The molecular weight excluding hydrogens is 768 g/mol. The van der Waals surface area contributed by atoms with E-state index in [-0.39, 0.29) is 39.1 Å². The Bertz CT molecular complexity index is 1970. The van der Waals surface area contributed by atoms with Crippen LogP contribution in [0.2, 0.25) is 0 Å². The number of piperidine rings is 1. The number of ether oxygens (including phenoxy) is 1. The third-order valence-electron chi connectivity index (χ3n) is 19.5. The molecule has 1 heterocycles. The predicted octanol–water partition coefficient (Wildman–Crippen LogP) is 10.8. The maximum absolute atomic E-state index is 14.8. The lowest BCUT2D eigenvalue weighted by atomic mass is 9.33. The van der Waals surface area contributed by atoms with Crippen LogP contribution in [-0.4, -0.2) is 69.2 Å². The number of hydrogen-bond donors (Lipinski definition) is 1. The SMILES string of the molecule is C=C(C)[C@@H]1CC[C@]2(NCCN3CCC(S(C)(=O)=O)CC3)CC[C@]3(C)[C@H](CCC4[C@@]5(C)CC=C(C6=CC[C@](CF)(C(=O)OCc7ccccc7)CC6)C(C)(C)[C@@H]5CC[C@]43C)C12. The molecule has 1 aromatic carbocycles. The molecule has 0 spiro atoms. The van der Waals surface area contributed by atoms with Crippen LogP contribution in [0.25, 0.3) is 0 Å². The highest BCUT2D eigenvalue weighted by Crippen LogP contribution is 2.76. The molecule has 1 aromatic rings. The summed E-state index contributed by atoms with van der Waals surface area (Å²) < 4.78 is 44.9. The first-order valence-electron chi connectivity index (χ1n) is 23.8. The van der Waals surface area contributed by atoms with Gasteiger partial charge in [-0.3, -0.25) is 4.79 Å². The number of esters is 1. The molecule has 1 saturated heterocycles. The largest absolute Gasteiger partial charge is 0.460 e. The van der Waals surface area contributed by atoms with E-state index in [9.17, 15) is 17.6 Å². The molecule has 6 nitrogen and oxygen atoms in total. The van der Waals surface area contributed by atoms with E-state index < -0.39 is 27.9 Å². The van der Waals surface area contributed by atoms with Crippen molar-refractivity contribution in [1.82, 2.24) is 10.2 Å². The Morgan fingerprint density at radius 3 is 2.27 bits per heavy atom. The van der Waals surface area contributed by atoms with Crippen LogP contribution in [0.3, 0.4) is 0 Å². The fourth-order valence-corrected chi connectivity index (χ4v) is 17.1. The quantitative estimate of drug-likeness (QED) is 0.177. The first-order chi connectivity index (χ1) is 28.3. The fourth-order valence-electron chi connectivity index (χ4n) is 16.0. The standard InChI is InChI=1S/C52H77FN2O4S/c1-36(2)40-18-27-52(54-30-33-55-31-21-39(22-32-55)60(8,57)58)29-28-49(6)42(45(40)52)14-15-44-48(5)23-19-41(47(3,4)43(48)20-24-50(44,49)7)38-16-25-51(35-53,26-17-38)46(56)59-34-37-12-10-9-11-13-37/h9-13,16,19,39-40,42-45,54H,1,14-15,17-18,20-35H2,2-8H3/t40-,42+,43-,44?,45?,48-,49+,50+,51-,52-/m0/s1.